The van der Waals surface area contributed by atoms with Gasteiger partial charge in [0.25, 0.3) is 0 Å². The van der Waals surface area contributed by atoms with Gasteiger partial charge in [-0.25, -0.2) is 4.98 Å². The Morgan fingerprint density at radius 2 is 1.66 bits per heavy atom. The Labute approximate surface area is 188 Å². The predicted molar refractivity (Wildman–Crippen MR) is 119 cm³/mol. The quantitative estimate of drug-likeness (QED) is 0.310. The predicted octanol–water partition coefficient (Wildman–Crippen LogP) is 7.72. The van der Waals surface area contributed by atoms with Gasteiger partial charge in [-0.1, -0.05) is 35.5 Å². The van der Waals surface area contributed by atoms with Gasteiger partial charge in [0.1, 0.15) is 5.75 Å². The third-order valence-corrected chi connectivity index (χ3v) is 5.60. The summed E-state index contributed by atoms with van der Waals surface area (Å²) in [5, 5.41) is 0. The Hall–Kier alpha value is -3.32. The number of rotatable bonds is 5. The third-order valence-electron chi connectivity index (χ3n) is 4.65. The number of aromatic nitrogens is 2. The van der Waals surface area contributed by atoms with Crippen molar-refractivity contribution in [3.8, 4) is 22.8 Å². The van der Waals surface area contributed by atoms with Crippen molar-refractivity contribution >= 4 is 11.8 Å². The highest BCUT2D eigenvalue weighted by atomic mass is 32.2. The van der Waals surface area contributed by atoms with Crippen LogP contribution in [0.2, 0.25) is 0 Å². The van der Waals surface area contributed by atoms with Gasteiger partial charge in [-0.3, -0.25) is 4.98 Å². The fourth-order valence-electron chi connectivity index (χ4n) is 3.15. The van der Waals surface area contributed by atoms with Crippen LogP contribution in [0.1, 0.15) is 16.7 Å². The molecule has 0 aliphatic heterocycles. The van der Waals surface area contributed by atoms with E-state index >= 15 is 0 Å². The standard InChI is InChI=1S/C25H19F3N2OS/c1-16-4-3-5-20(10-16)32-21-11-18(14-29-15-21)22-12-19(7-8-23(22)25(26,27)28)31-24-9-6-17(2)13-30-24/h3-15H,1-2H3. The smallest absolute Gasteiger partial charge is 0.417 e. The lowest BCUT2D eigenvalue weighted by molar-refractivity contribution is -0.137. The second-order valence-corrected chi connectivity index (χ2v) is 8.46. The van der Waals surface area contributed by atoms with E-state index in [1.165, 1.54) is 30.1 Å². The second kappa shape index (κ2) is 9.04. The third kappa shape index (κ3) is 5.29. The molecule has 32 heavy (non-hydrogen) atoms. The molecule has 0 aliphatic rings. The minimum Gasteiger partial charge on any atom is -0.439 e. The Bertz CT molecular complexity index is 1240. The number of pyridine rings is 2. The molecule has 0 radical (unpaired) electrons. The number of halogens is 3. The largest absolute Gasteiger partial charge is 0.439 e. The number of nitrogens with zero attached hydrogens (tertiary/aromatic N) is 2. The number of alkyl halides is 3. The number of hydrogen-bond donors (Lipinski definition) is 0. The van der Waals surface area contributed by atoms with Crippen LogP contribution in [0.3, 0.4) is 0 Å². The molecule has 0 bridgehead atoms. The van der Waals surface area contributed by atoms with Crippen molar-refractivity contribution in [1.29, 1.82) is 0 Å². The van der Waals surface area contributed by atoms with Gasteiger partial charge in [-0.05, 0) is 61.4 Å². The first-order valence-corrected chi connectivity index (χ1v) is 10.6. The van der Waals surface area contributed by atoms with E-state index in [1.54, 1.807) is 24.5 Å². The summed E-state index contributed by atoms with van der Waals surface area (Å²) in [5.41, 5.74) is 1.67. The maximum atomic E-state index is 13.8. The average Bonchev–Trinajstić information content (AvgIpc) is 2.75. The Kier molecular flexibility index (Phi) is 6.19. The van der Waals surface area contributed by atoms with Crippen molar-refractivity contribution in [3.63, 3.8) is 0 Å². The molecule has 4 aromatic rings. The molecule has 2 aromatic carbocycles. The number of aryl methyl sites for hydroxylation is 2. The molecule has 2 heterocycles. The second-order valence-electron chi connectivity index (χ2n) is 7.31. The summed E-state index contributed by atoms with van der Waals surface area (Å²) in [6.07, 6.45) is 0.186. The van der Waals surface area contributed by atoms with Crippen molar-refractivity contribution in [2.75, 3.05) is 0 Å². The van der Waals surface area contributed by atoms with Gasteiger partial charge in [-0.15, -0.1) is 0 Å². The van der Waals surface area contributed by atoms with Gasteiger partial charge in [0, 0.05) is 40.0 Å². The maximum absolute atomic E-state index is 13.8. The summed E-state index contributed by atoms with van der Waals surface area (Å²) in [4.78, 5) is 10.1. The monoisotopic (exact) mass is 452 g/mol. The van der Waals surface area contributed by atoms with E-state index in [9.17, 15) is 13.2 Å². The Morgan fingerprint density at radius 3 is 2.38 bits per heavy atom. The summed E-state index contributed by atoms with van der Waals surface area (Å²) in [5.74, 6) is 0.573. The lowest BCUT2D eigenvalue weighted by Crippen LogP contribution is -2.07. The first-order valence-electron chi connectivity index (χ1n) is 9.80. The molecule has 3 nitrogen and oxygen atoms in total. The van der Waals surface area contributed by atoms with E-state index in [2.05, 4.69) is 9.97 Å². The lowest BCUT2D eigenvalue weighted by atomic mass is 10.0. The number of ether oxygens (including phenoxy) is 1. The van der Waals surface area contributed by atoms with Crippen molar-refractivity contribution in [2.45, 2.75) is 29.8 Å². The molecule has 162 valence electrons. The summed E-state index contributed by atoms with van der Waals surface area (Å²) in [7, 11) is 0. The molecule has 2 aromatic heterocycles. The zero-order valence-electron chi connectivity index (χ0n) is 17.4. The Morgan fingerprint density at radius 1 is 0.812 bits per heavy atom. The average molecular weight is 453 g/mol. The summed E-state index contributed by atoms with van der Waals surface area (Å²) in [6, 6.07) is 16.8. The molecule has 0 saturated heterocycles. The molecule has 0 unspecified atom stereocenters. The summed E-state index contributed by atoms with van der Waals surface area (Å²) in [6.45, 7) is 3.88. The van der Waals surface area contributed by atoms with Crippen molar-refractivity contribution in [1.82, 2.24) is 9.97 Å². The highest BCUT2D eigenvalue weighted by Gasteiger charge is 2.34. The summed E-state index contributed by atoms with van der Waals surface area (Å²) >= 11 is 1.45. The van der Waals surface area contributed by atoms with Gasteiger partial charge in [0.15, 0.2) is 0 Å². The van der Waals surface area contributed by atoms with E-state index in [0.29, 0.717) is 11.4 Å². The number of hydrogen-bond acceptors (Lipinski definition) is 4. The maximum Gasteiger partial charge on any atom is 0.417 e. The molecular formula is C25H19F3N2OS. The van der Waals surface area contributed by atoms with Crippen molar-refractivity contribution < 1.29 is 17.9 Å². The molecule has 0 N–H and O–H groups in total. The van der Waals surface area contributed by atoms with Crippen LogP contribution >= 0.6 is 11.8 Å². The van der Waals surface area contributed by atoms with E-state index in [-0.39, 0.29) is 11.3 Å². The molecule has 0 saturated carbocycles. The molecule has 0 amide bonds. The molecule has 0 atom stereocenters. The van der Waals surface area contributed by atoms with E-state index in [0.717, 1.165) is 27.0 Å². The van der Waals surface area contributed by atoms with Crippen LogP contribution < -0.4 is 4.74 Å². The molecule has 0 aliphatic carbocycles. The van der Waals surface area contributed by atoms with Crippen LogP contribution in [0.15, 0.2) is 89.0 Å². The summed E-state index contributed by atoms with van der Waals surface area (Å²) < 4.78 is 46.9. The van der Waals surface area contributed by atoms with Crippen LogP contribution in [0.5, 0.6) is 11.6 Å². The van der Waals surface area contributed by atoms with E-state index in [1.807, 2.05) is 44.2 Å². The van der Waals surface area contributed by atoms with Crippen LogP contribution in [0.4, 0.5) is 13.2 Å². The molecular weight excluding hydrogens is 433 g/mol. The van der Waals surface area contributed by atoms with Gasteiger partial charge in [0.2, 0.25) is 5.88 Å². The topological polar surface area (TPSA) is 35.0 Å². The zero-order chi connectivity index (χ0) is 22.7. The Balaban J connectivity index is 1.71. The molecule has 4 rings (SSSR count). The van der Waals surface area contributed by atoms with Gasteiger partial charge >= 0.3 is 6.18 Å². The normalized spacial score (nSPS) is 11.4. The minimum absolute atomic E-state index is 0.00121. The van der Waals surface area contributed by atoms with Gasteiger partial charge in [0.05, 0.1) is 5.56 Å². The molecule has 7 heteroatoms. The van der Waals surface area contributed by atoms with Crippen LogP contribution in [0, 0.1) is 13.8 Å². The fourth-order valence-corrected chi connectivity index (χ4v) is 4.11. The van der Waals surface area contributed by atoms with Crippen LogP contribution in [-0.2, 0) is 6.18 Å². The van der Waals surface area contributed by atoms with Crippen LogP contribution in [-0.4, -0.2) is 9.97 Å². The van der Waals surface area contributed by atoms with E-state index < -0.39 is 11.7 Å². The van der Waals surface area contributed by atoms with Crippen molar-refractivity contribution in [3.05, 3.63) is 95.9 Å². The van der Waals surface area contributed by atoms with E-state index in [4.69, 9.17) is 4.74 Å². The van der Waals surface area contributed by atoms with Gasteiger partial charge < -0.3 is 4.74 Å². The first-order chi connectivity index (χ1) is 15.3. The first kappa shape index (κ1) is 21.9. The lowest BCUT2D eigenvalue weighted by Gasteiger charge is -2.15. The highest BCUT2D eigenvalue weighted by molar-refractivity contribution is 7.99. The highest BCUT2D eigenvalue weighted by Crippen LogP contribution is 2.40. The minimum atomic E-state index is -4.52. The SMILES string of the molecule is Cc1ccc(Oc2ccc(C(F)(F)F)c(-c3cncc(Sc4cccc(C)c4)c3)c2)nc1. The van der Waals surface area contributed by atoms with Crippen LogP contribution in [0.25, 0.3) is 11.1 Å². The molecule has 0 fully saturated rings. The van der Waals surface area contributed by atoms with Gasteiger partial charge in [-0.2, -0.15) is 13.2 Å². The molecule has 0 spiro atoms. The fraction of sp³-hybridized carbons (Fsp3) is 0.120. The zero-order valence-corrected chi connectivity index (χ0v) is 18.2. The van der Waals surface area contributed by atoms with Crippen molar-refractivity contribution in [2.24, 2.45) is 0 Å². The number of benzene rings is 2.